The number of carbonyl (C=O) groups excluding carboxylic acids is 4. The highest BCUT2D eigenvalue weighted by Gasteiger charge is 2.36. The van der Waals surface area contributed by atoms with E-state index in [1.165, 1.54) is 14.0 Å². The van der Waals surface area contributed by atoms with Crippen LogP contribution in [0, 0.1) is 11.3 Å². The molecule has 19 heteroatoms. The van der Waals surface area contributed by atoms with Crippen molar-refractivity contribution in [3.05, 3.63) is 47.5 Å². The Bertz CT molecular complexity index is 1750. The molecule has 0 saturated carbocycles. The van der Waals surface area contributed by atoms with Gasteiger partial charge in [0.1, 0.15) is 55.4 Å². The summed E-state index contributed by atoms with van der Waals surface area (Å²) in [4.78, 5) is 55.9. The first kappa shape index (κ1) is 42.6. The zero-order valence-corrected chi connectivity index (χ0v) is 30.8. The molecule has 0 spiro atoms. The van der Waals surface area contributed by atoms with Gasteiger partial charge in [0, 0.05) is 50.8 Å². The van der Waals surface area contributed by atoms with Crippen LogP contribution < -0.4 is 46.9 Å². The molecule has 4 atom stereocenters. The number of hydrogen-bond donors (Lipinski definition) is 8. The number of hydrogen-bond acceptors (Lipinski definition) is 13. The number of nitrogens with two attached hydrogens (primary N) is 2. The van der Waals surface area contributed by atoms with Crippen molar-refractivity contribution in [3.8, 4) is 28.7 Å². The lowest BCUT2D eigenvalue weighted by molar-refractivity contribution is -0.141. The van der Waals surface area contributed by atoms with Gasteiger partial charge in [0.2, 0.25) is 33.7 Å². The Balaban J connectivity index is 2.28. The molecule has 1 aliphatic heterocycles. The Labute approximate surface area is 309 Å². The first-order valence-electron chi connectivity index (χ1n) is 17.0. The number of aliphatic hydroxyl groups excluding tert-OH is 1. The number of carbonyl (C=O) groups is 4. The maximum absolute atomic E-state index is 14.2. The molecule has 0 radical (unpaired) electrons. The van der Waals surface area contributed by atoms with E-state index in [-0.39, 0.29) is 63.6 Å². The van der Waals surface area contributed by atoms with E-state index in [0.717, 1.165) is 4.90 Å². The van der Waals surface area contributed by atoms with Crippen molar-refractivity contribution in [2.45, 2.75) is 43.9 Å². The number of nitriles is 1. The number of nitrogens with one attached hydrogen (secondary N) is 5. The SMILES string of the molecule is CNCCS(=O)(=O)N[C@@H](CCO)C(=O)N(C)[C@@H]1C(=O)N[C@@H](C)C(=O)N[C@H](C(=O)NCC#N)Cc2ccc(OCCN)c(c2)-c2cc1ccc2OCCN. The van der Waals surface area contributed by atoms with Gasteiger partial charge in [0.25, 0.3) is 0 Å². The number of aliphatic hydroxyl groups is 1. The number of amides is 4. The van der Waals surface area contributed by atoms with Crippen molar-refractivity contribution < 1.29 is 42.2 Å². The smallest absolute Gasteiger partial charge is 0.248 e. The lowest BCUT2D eigenvalue weighted by Gasteiger charge is -2.32. The largest absolute Gasteiger partial charge is 0.492 e. The highest BCUT2D eigenvalue weighted by molar-refractivity contribution is 7.89. The molecule has 0 aliphatic carbocycles. The van der Waals surface area contributed by atoms with Crippen LogP contribution in [0.4, 0.5) is 0 Å². The van der Waals surface area contributed by atoms with Gasteiger partial charge in [0.15, 0.2) is 0 Å². The molecule has 4 bridgehead atoms. The van der Waals surface area contributed by atoms with Gasteiger partial charge in [-0.2, -0.15) is 5.26 Å². The highest BCUT2D eigenvalue weighted by Crippen LogP contribution is 2.40. The topological polar surface area (TPSA) is 280 Å². The monoisotopic (exact) mass is 759 g/mol. The maximum atomic E-state index is 14.2. The molecule has 1 aliphatic rings. The second-order valence-electron chi connectivity index (χ2n) is 12.2. The third-order valence-corrected chi connectivity index (χ3v) is 9.60. The Hall–Kier alpha value is -4.84. The predicted molar refractivity (Wildman–Crippen MR) is 195 cm³/mol. The normalized spacial score (nSPS) is 18.0. The van der Waals surface area contributed by atoms with Crippen LogP contribution in [0.3, 0.4) is 0 Å². The second kappa shape index (κ2) is 20.4. The standard InChI is InChI=1S/C34H49N9O9S/c1-21-31(45)41-27(32(46)39-12-9-35)19-22-4-6-28(51-15-10-36)24(18-22)25-20-23(5-7-29(25)52-16-11-37)30(33(47)40-21)43(3)34(48)26(8-14-44)42-53(49,50)17-13-38-2/h4-7,18,20-21,26-27,30,38,42,44H,8,10-17,19,36-37H2,1-3H3,(H,39,46)(H,40,47)(H,41,45)/t21-,26-,27-,30-/m0/s1. The number of ether oxygens (including phenoxy) is 2. The molecular formula is C34H49N9O9S. The quantitative estimate of drug-likeness (QED) is 0.0783. The maximum Gasteiger partial charge on any atom is 0.248 e. The molecule has 53 heavy (non-hydrogen) atoms. The first-order chi connectivity index (χ1) is 25.3. The molecule has 290 valence electrons. The van der Waals surface area contributed by atoms with Crippen LogP contribution in [0.15, 0.2) is 36.4 Å². The van der Waals surface area contributed by atoms with Gasteiger partial charge in [0.05, 0.1) is 11.8 Å². The van der Waals surface area contributed by atoms with E-state index in [2.05, 4.69) is 26.0 Å². The number of likely N-dealkylation sites (N-methyl/N-ethyl adjacent to an activating group) is 1. The summed E-state index contributed by atoms with van der Waals surface area (Å²) >= 11 is 0. The van der Waals surface area contributed by atoms with Crippen LogP contribution in [0.1, 0.15) is 30.5 Å². The van der Waals surface area contributed by atoms with Crippen molar-refractivity contribution in [3.63, 3.8) is 0 Å². The van der Waals surface area contributed by atoms with Gasteiger partial charge in [-0.05, 0) is 55.8 Å². The minimum Gasteiger partial charge on any atom is -0.492 e. The fraction of sp³-hybridized carbons (Fsp3) is 0.500. The molecule has 0 aromatic heterocycles. The third-order valence-electron chi connectivity index (χ3n) is 8.21. The van der Waals surface area contributed by atoms with E-state index in [4.69, 9.17) is 26.2 Å². The van der Waals surface area contributed by atoms with E-state index in [1.807, 2.05) is 6.07 Å². The molecule has 0 fully saturated rings. The van der Waals surface area contributed by atoms with Crippen molar-refractivity contribution in [2.24, 2.45) is 11.5 Å². The van der Waals surface area contributed by atoms with Gasteiger partial charge < -0.3 is 52.2 Å². The molecular weight excluding hydrogens is 710 g/mol. The zero-order valence-electron chi connectivity index (χ0n) is 30.0. The molecule has 18 nitrogen and oxygen atoms in total. The summed E-state index contributed by atoms with van der Waals surface area (Å²) in [5.41, 5.74) is 13.2. The summed E-state index contributed by atoms with van der Waals surface area (Å²) in [6, 6.07) is 6.38. The number of benzene rings is 2. The van der Waals surface area contributed by atoms with Gasteiger partial charge in [-0.3, -0.25) is 19.2 Å². The van der Waals surface area contributed by atoms with Gasteiger partial charge in [-0.25, -0.2) is 13.1 Å². The van der Waals surface area contributed by atoms with Crippen LogP contribution in [-0.4, -0.2) is 126 Å². The molecule has 4 amide bonds. The third kappa shape index (κ3) is 11.8. The zero-order chi connectivity index (χ0) is 39.1. The lowest BCUT2D eigenvalue weighted by Crippen LogP contribution is -2.56. The summed E-state index contributed by atoms with van der Waals surface area (Å²) < 4.78 is 40.0. The minimum absolute atomic E-state index is 0.0111. The van der Waals surface area contributed by atoms with Crippen molar-refractivity contribution >= 4 is 33.7 Å². The fourth-order valence-electron chi connectivity index (χ4n) is 5.58. The summed E-state index contributed by atoms with van der Waals surface area (Å²) in [7, 11) is -1.13. The Morgan fingerprint density at radius 1 is 1.06 bits per heavy atom. The minimum atomic E-state index is -4.00. The van der Waals surface area contributed by atoms with E-state index in [1.54, 1.807) is 43.4 Å². The van der Waals surface area contributed by atoms with Crippen LogP contribution >= 0.6 is 0 Å². The molecule has 2 aromatic rings. The number of fused-ring (bicyclic) bond motifs is 5. The van der Waals surface area contributed by atoms with Crippen molar-refractivity contribution in [2.75, 3.05) is 65.8 Å². The summed E-state index contributed by atoms with van der Waals surface area (Å²) in [5, 5.41) is 29.3. The van der Waals surface area contributed by atoms with Crippen molar-refractivity contribution in [1.29, 1.82) is 5.26 Å². The van der Waals surface area contributed by atoms with E-state index >= 15 is 0 Å². The Morgan fingerprint density at radius 2 is 1.70 bits per heavy atom. The number of rotatable bonds is 17. The Morgan fingerprint density at radius 3 is 2.30 bits per heavy atom. The highest BCUT2D eigenvalue weighted by atomic mass is 32.2. The molecule has 3 rings (SSSR count). The Kier molecular flexibility index (Phi) is 16.4. The fourth-order valence-corrected chi connectivity index (χ4v) is 6.82. The predicted octanol–water partition coefficient (Wildman–Crippen LogP) is -2.40. The van der Waals surface area contributed by atoms with Crippen molar-refractivity contribution in [1.82, 2.24) is 30.9 Å². The molecule has 10 N–H and O–H groups in total. The lowest BCUT2D eigenvalue weighted by atomic mass is 9.93. The van der Waals surface area contributed by atoms with Gasteiger partial charge in [-0.15, -0.1) is 0 Å². The van der Waals surface area contributed by atoms with Gasteiger partial charge >= 0.3 is 0 Å². The van der Waals surface area contributed by atoms with Crippen LogP contribution in [0.25, 0.3) is 11.1 Å². The van der Waals surface area contributed by atoms with E-state index in [0.29, 0.717) is 28.2 Å². The van der Waals surface area contributed by atoms with Gasteiger partial charge in [-0.1, -0.05) is 12.1 Å². The molecule has 2 aromatic carbocycles. The molecule has 0 saturated heterocycles. The number of nitrogens with zero attached hydrogens (tertiary/aromatic N) is 2. The average Bonchev–Trinajstić information content (AvgIpc) is 3.13. The average molecular weight is 760 g/mol. The summed E-state index contributed by atoms with van der Waals surface area (Å²) in [6.07, 6.45) is -0.307. The molecule has 1 heterocycles. The second-order valence-corrected chi connectivity index (χ2v) is 14.1. The summed E-state index contributed by atoms with van der Waals surface area (Å²) in [6.45, 7) is 1.24. The summed E-state index contributed by atoms with van der Waals surface area (Å²) in [5.74, 6) is -2.66. The molecule has 0 unspecified atom stereocenters. The number of sulfonamides is 1. The van der Waals surface area contributed by atoms with E-state index in [9.17, 15) is 32.7 Å². The van der Waals surface area contributed by atoms with Crippen LogP contribution in [0.5, 0.6) is 11.5 Å². The van der Waals surface area contributed by atoms with Crippen LogP contribution in [-0.2, 0) is 35.6 Å². The first-order valence-corrected chi connectivity index (χ1v) is 18.7. The van der Waals surface area contributed by atoms with Crippen LogP contribution in [0.2, 0.25) is 0 Å². The van der Waals surface area contributed by atoms with E-state index < -0.39 is 64.4 Å².